The van der Waals surface area contributed by atoms with Gasteiger partial charge in [0.15, 0.2) is 11.6 Å². The van der Waals surface area contributed by atoms with E-state index in [1.54, 1.807) is 0 Å². The lowest BCUT2D eigenvalue weighted by molar-refractivity contribution is -0.385. The van der Waals surface area contributed by atoms with Crippen molar-refractivity contribution in [2.24, 2.45) is 0 Å². The molecule has 0 radical (unpaired) electrons. The highest BCUT2D eigenvalue weighted by Crippen LogP contribution is 2.29. The molecule has 0 aliphatic heterocycles. The first kappa shape index (κ1) is 13.4. The smallest absolute Gasteiger partial charge is 0.272 e. The second-order valence-corrected chi connectivity index (χ2v) is 3.85. The second kappa shape index (κ2) is 5.29. The Bertz CT molecular complexity index is 655. The number of hydrogen-bond donors (Lipinski definition) is 0. The molecule has 0 unspecified atom stereocenters. The zero-order valence-corrected chi connectivity index (χ0v) is 10.4. The predicted octanol–water partition coefficient (Wildman–Crippen LogP) is 3.02. The second-order valence-electron chi connectivity index (χ2n) is 3.15. The van der Waals surface area contributed by atoms with Gasteiger partial charge in [0.25, 0.3) is 11.6 Å². The summed E-state index contributed by atoms with van der Waals surface area (Å²) in [6.07, 6.45) is 0. The van der Waals surface area contributed by atoms with Gasteiger partial charge in [0.1, 0.15) is 0 Å². The van der Waals surface area contributed by atoms with Crippen LogP contribution in [0.3, 0.4) is 0 Å². The van der Waals surface area contributed by atoms with Crippen molar-refractivity contribution >= 4 is 28.9 Å². The molecule has 19 heavy (non-hydrogen) atoms. The van der Waals surface area contributed by atoms with Crippen LogP contribution in [0.4, 0.5) is 10.1 Å². The summed E-state index contributed by atoms with van der Waals surface area (Å²) in [6, 6.07) is 2.85. The minimum Gasteiger partial charge on any atom is -0.433 e. The monoisotopic (exact) mass is 304 g/mol. The van der Waals surface area contributed by atoms with E-state index in [1.165, 1.54) is 0 Å². The van der Waals surface area contributed by atoms with Gasteiger partial charge in [-0.1, -0.05) is 11.6 Å². The van der Waals surface area contributed by atoms with Crippen molar-refractivity contribution in [1.82, 2.24) is 15.2 Å². The molecule has 0 aliphatic rings. The Kier molecular flexibility index (Phi) is 3.72. The van der Waals surface area contributed by atoms with Crippen LogP contribution in [-0.2, 0) is 0 Å². The Labute approximate surface area is 115 Å². The summed E-state index contributed by atoms with van der Waals surface area (Å²) in [7, 11) is 0. The lowest BCUT2D eigenvalue weighted by atomic mass is 10.3. The van der Waals surface area contributed by atoms with Gasteiger partial charge < -0.3 is 4.74 Å². The number of non-ortho nitro benzene ring substituents is 1. The van der Waals surface area contributed by atoms with E-state index in [0.717, 1.165) is 12.1 Å². The summed E-state index contributed by atoms with van der Waals surface area (Å²) in [6.45, 7) is 0. The maximum atomic E-state index is 13.6. The molecule has 1 aromatic heterocycles. The van der Waals surface area contributed by atoms with Crippen LogP contribution >= 0.6 is 23.2 Å². The van der Waals surface area contributed by atoms with Crippen LogP contribution < -0.4 is 4.74 Å². The molecular weight excluding hydrogens is 302 g/mol. The molecule has 2 aromatic rings. The first-order chi connectivity index (χ1) is 8.97. The number of hydrogen-bond acceptors (Lipinski definition) is 6. The van der Waals surface area contributed by atoms with Crippen LogP contribution in [0.25, 0.3) is 0 Å². The Balaban J connectivity index is 2.33. The summed E-state index contributed by atoms with van der Waals surface area (Å²) < 4.78 is 18.6. The molecule has 0 bridgehead atoms. The third-order valence-electron chi connectivity index (χ3n) is 1.92. The largest absolute Gasteiger partial charge is 0.433 e. The number of nitrogens with zero attached hydrogens (tertiary/aromatic N) is 4. The highest BCUT2D eigenvalue weighted by atomic mass is 35.5. The third kappa shape index (κ3) is 3.04. The Morgan fingerprint density at radius 2 is 2.05 bits per heavy atom. The number of nitro benzene ring substituents is 1. The number of nitro groups is 1. The van der Waals surface area contributed by atoms with E-state index in [2.05, 4.69) is 15.2 Å². The van der Waals surface area contributed by atoms with Gasteiger partial charge >= 0.3 is 0 Å². The molecule has 0 aliphatic carbocycles. The fourth-order valence-corrected chi connectivity index (χ4v) is 1.37. The van der Waals surface area contributed by atoms with Gasteiger partial charge in [0.05, 0.1) is 11.0 Å². The van der Waals surface area contributed by atoms with Gasteiger partial charge in [-0.15, -0.1) is 10.2 Å². The summed E-state index contributed by atoms with van der Waals surface area (Å²) >= 11 is 11.1. The molecule has 1 aromatic carbocycles. The van der Waals surface area contributed by atoms with Crippen molar-refractivity contribution in [3.63, 3.8) is 0 Å². The maximum absolute atomic E-state index is 13.6. The SMILES string of the molecule is O=[N+]([O-])c1ccc(Oc2nc(Cl)nnc2Cl)c(F)c1. The van der Waals surface area contributed by atoms with Gasteiger partial charge in [-0.2, -0.15) is 4.98 Å². The zero-order valence-electron chi connectivity index (χ0n) is 8.88. The van der Waals surface area contributed by atoms with Crippen molar-refractivity contribution in [3.8, 4) is 11.6 Å². The fourth-order valence-electron chi connectivity index (χ4n) is 1.14. The number of ether oxygens (including phenoxy) is 1. The fraction of sp³-hybridized carbons (Fsp3) is 0. The van der Waals surface area contributed by atoms with Crippen molar-refractivity contribution in [1.29, 1.82) is 0 Å². The van der Waals surface area contributed by atoms with Crippen LogP contribution in [0.5, 0.6) is 11.6 Å². The van der Waals surface area contributed by atoms with Crippen molar-refractivity contribution < 1.29 is 14.1 Å². The first-order valence-corrected chi connectivity index (χ1v) is 5.40. The molecule has 1 heterocycles. The molecule has 98 valence electrons. The third-order valence-corrected chi connectivity index (χ3v) is 2.32. The molecule has 0 saturated heterocycles. The summed E-state index contributed by atoms with van der Waals surface area (Å²) in [5.41, 5.74) is -0.408. The molecule has 7 nitrogen and oxygen atoms in total. The standard InChI is InChI=1S/C9H3Cl2FN4O3/c10-7-8(13-9(11)15-14-7)19-6-2-1-4(16(17)18)3-5(6)12/h1-3H. The van der Waals surface area contributed by atoms with Crippen LogP contribution in [0.1, 0.15) is 0 Å². The van der Waals surface area contributed by atoms with Crippen molar-refractivity contribution in [3.05, 3.63) is 44.6 Å². The molecule has 0 amide bonds. The minimum absolute atomic E-state index is 0.220. The number of benzene rings is 1. The zero-order chi connectivity index (χ0) is 14.0. The molecule has 0 fully saturated rings. The molecule has 0 atom stereocenters. The van der Waals surface area contributed by atoms with E-state index in [0.29, 0.717) is 6.07 Å². The average Bonchev–Trinajstić information content (AvgIpc) is 2.36. The molecule has 0 spiro atoms. The van der Waals surface area contributed by atoms with E-state index in [-0.39, 0.29) is 22.1 Å². The highest BCUT2D eigenvalue weighted by molar-refractivity contribution is 6.31. The van der Waals surface area contributed by atoms with E-state index < -0.39 is 16.4 Å². The number of halogens is 3. The van der Waals surface area contributed by atoms with E-state index in [1.807, 2.05) is 0 Å². The Morgan fingerprint density at radius 3 is 2.68 bits per heavy atom. The van der Waals surface area contributed by atoms with Crippen molar-refractivity contribution in [2.75, 3.05) is 0 Å². The highest BCUT2D eigenvalue weighted by Gasteiger charge is 2.15. The number of rotatable bonds is 3. The van der Waals surface area contributed by atoms with Crippen LogP contribution in [0.2, 0.25) is 10.4 Å². The minimum atomic E-state index is -0.944. The Hall–Kier alpha value is -2.06. The average molecular weight is 305 g/mol. The topological polar surface area (TPSA) is 91.0 Å². The molecule has 2 rings (SSSR count). The van der Waals surface area contributed by atoms with Gasteiger partial charge in [-0.25, -0.2) is 4.39 Å². The summed E-state index contributed by atoms with van der Waals surface area (Å²) in [4.78, 5) is 13.3. The van der Waals surface area contributed by atoms with Gasteiger partial charge in [-0.05, 0) is 17.7 Å². The quantitative estimate of drug-likeness (QED) is 0.639. The lowest BCUT2D eigenvalue weighted by Crippen LogP contribution is -1.97. The van der Waals surface area contributed by atoms with E-state index in [4.69, 9.17) is 27.9 Å². The van der Waals surface area contributed by atoms with Gasteiger partial charge in [-0.3, -0.25) is 10.1 Å². The molecule has 10 heteroatoms. The van der Waals surface area contributed by atoms with Gasteiger partial charge in [0.2, 0.25) is 10.4 Å². The van der Waals surface area contributed by atoms with E-state index in [9.17, 15) is 14.5 Å². The van der Waals surface area contributed by atoms with Crippen LogP contribution in [-0.4, -0.2) is 20.1 Å². The normalized spacial score (nSPS) is 10.3. The molecule has 0 saturated carbocycles. The lowest BCUT2D eigenvalue weighted by Gasteiger charge is -2.06. The van der Waals surface area contributed by atoms with Gasteiger partial charge in [0, 0.05) is 6.07 Å². The first-order valence-electron chi connectivity index (χ1n) is 4.65. The molecule has 0 N–H and O–H groups in total. The maximum Gasteiger partial charge on any atom is 0.272 e. The molecular formula is C9H3Cl2FN4O3. The Morgan fingerprint density at radius 1 is 1.32 bits per heavy atom. The summed E-state index contributed by atoms with van der Waals surface area (Å²) in [5.74, 6) is -1.50. The predicted molar refractivity (Wildman–Crippen MR) is 63.0 cm³/mol. The van der Waals surface area contributed by atoms with Crippen molar-refractivity contribution in [2.45, 2.75) is 0 Å². The number of aromatic nitrogens is 3. The summed E-state index contributed by atoms with van der Waals surface area (Å²) in [5, 5.41) is 16.8. The van der Waals surface area contributed by atoms with E-state index >= 15 is 0 Å². The van der Waals surface area contributed by atoms with Crippen LogP contribution in [0.15, 0.2) is 18.2 Å². The van der Waals surface area contributed by atoms with Crippen LogP contribution in [0, 0.1) is 15.9 Å².